The number of piperidine rings is 1. The summed E-state index contributed by atoms with van der Waals surface area (Å²) in [5.74, 6) is -0.425. The molecule has 2 amide bonds. The number of hydrogen-bond donors (Lipinski definition) is 0. The molecule has 38 heavy (non-hydrogen) atoms. The third-order valence-electron chi connectivity index (χ3n) is 7.07. The maximum Gasteiger partial charge on any atom is 0.416 e. The van der Waals surface area contributed by atoms with E-state index in [2.05, 4.69) is 9.97 Å². The van der Waals surface area contributed by atoms with E-state index in [-0.39, 0.29) is 29.3 Å². The number of halogens is 3. The van der Waals surface area contributed by atoms with E-state index in [0.29, 0.717) is 42.5 Å². The highest BCUT2D eigenvalue weighted by Crippen LogP contribution is 2.42. The predicted molar refractivity (Wildman–Crippen MR) is 135 cm³/mol. The molecular weight excluding hydrogens is 497 g/mol. The van der Waals surface area contributed by atoms with Crippen LogP contribution in [-0.2, 0) is 17.5 Å². The SMILES string of the molecule is Cc1ccc(-c2cc3c(c(C(F)(F)F)c2)CN(C2CCN(C(=O)OC(C)(C)C)CC2)C3=O)c2nccnc12. The van der Waals surface area contributed by atoms with Gasteiger partial charge in [0.2, 0.25) is 0 Å². The maximum atomic E-state index is 14.3. The summed E-state index contributed by atoms with van der Waals surface area (Å²) in [7, 11) is 0. The van der Waals surface area contributed by atoms with Crippen molar-refractivity contribution in [1.29, 1.82) is 0 Å². The van der Waals surface area contributed by atoms with E-state index < -0.39 is 29.3 Å². The van der Waals surface area contributed by atoms with Crippen molar-refractivity contribution in [3.63, 3.8) is 0 Å². The Labute approximate surface area is 218 Å². The average Bonchev–Trinajstić information content (AvgIpc) is 3.18. The fourth-order valence-corrected chi connectivity index (χ4v) is 5.24. The van der Waals surface area contributed by atoms with Crippen molar-refractivity contribution in [2.75, 3.05) is 13.1 Å². The summed E-state index contributed by atoms with van der Waals surface area (Å²) in [6.45, 7) is 7.84. The van der Waals surface area contributed by atoms with Crippen molar-refractivity contribution >= 4 is 23.0 Å². The van der Waals surface area contributed by atoms with Crippen LogP contribution in [0.5, 0.6) is 0 Å². The van der Waals surface area contributed by atoms with E-state index in [1.807, 2.05) is 6.92 Å². The highest BCUT2D eigenvalue weighted by Gasteiger charge is 2.43. The van der Waals surface area contributed by atoms with E-state index in [9.17, 15) is 22.8 Å². The van der Waals surface area contributed by atoms with Crippen molar-refractivity contribution in [3.8, 4) is 11.1 Å². The van der Waals surface area contributed by atoms with Crippen molar-refractivity contribution in [3.05, 3.63) is 58.9 Å². The van der Waals surface area contributed by atoms with Crippen molar-refractivity contribution in [1.82, 2.24) is 19.8 Å². The molecule has 2 aromatic carbocycles. The van der Waals surface area contributed by atoms with Crippen LogP contribution in [0.15, 0.2) is 36.7 Å². The molecule has 0 unspecified atom stereocenters. The van der Waals surface area contributed by atoms with Gasteiger partial charge in [-0.2, -0.15) is 13.2 Å². The number of nitrogens with zero attached hydrogens (tertiary/aromatic N) is 4. The Morgan fingerprint density at radius 3 is 2.29 bits per heavy atom. The lowest BCUT2D eigenvalue weighted by molar-refractivity contribution is -0.138. The number of carbonyl (C=O) groups is 2. The molecule has 0 bridgehead atoms. The zero-order valence-corrected chi connectivity index (χ0v) is 21.7. The molecule has 200 valence electrons. The van der Waals surface area contributed by atoms with E-state index in [4.69, 9.17) is 4.74 Å². The lowest BCUT2D eigenvalue weighted by Crippen LogP contribution is -2.48. The van der Waals surface area contributed by atoms with E-state index in [0.717, 1.165) is 11.6 Å². The minimum atomic E-state index is -4.64. The van der Waals surface area contributed by atoms with Crippen LogP contribution >= 0.6 is 0 Å². The first-order valence-corrected chi connectivity index (χ1v) is 12.6. The van der Waals surface area contributed by atoms with Gasteiger partial charge in [-0.15, -0.1) is 0 Å². The van der Waals surface area contributed by atoms with Gasteiger partial charge in [0.15, 0.2) is 0 Å². The van der Waals surface area contributed by atoms with Crippen molar-refractivity contribution in [2.45, 2.75) is 64.9 Å². The lowest BCUT2D eigenvalue weighted by Gasteiger charge is -2.37. The maximum absolute atomic E-state index is 14.3. The van der Waals surface area contributed by atoms with Crippen LogP contribution in [0.4, 0.5) is 18.0 Å². The molecule has 1 saturated heterocycles. The largest absolute Gasteiger partial charge is 0.444 e. The Morgan fingerprint density at radius 2 is 1.66 bits per heavy atom. The number of alkyl halides is 3. The molecule has 7 nitrogen and oxygen atoms in total. The van der Waals surface area contributed by atoms with Gasteiger partial charge >= 0.3 is 12.3 Å². The summed E-state index contributed by atoms with van der Waals surface area (Å²) in [6, 6.07) is 5.89. The molecule has 2 aliphatic heterocycles. The number of likely N-dealkylation sites (tertiary alicyclic amines) is 1. The Bertz CT molecular complexity index is 1420. The Balaban J connectivity index is 1.46. The van der Waals surface area contributed by atoms with E-state index >= 15 is 0 Å². The lowest BCUT2D eigenvalue weighted by atomic mass is 9.94. The molecule has 0 aliphatic carbocycles. The minimum Gasteiger partial charge on any atom is -0.444 e. The summed E-state index contributed by atoms with van der Waals surface area (Å²) in [6.07, 6.45) is -1.10. The van der Waals surface area contributed by atoms with Gasteiger partial charge in [0, 0.05) is 49.2 Å². The molecular formula is C28H29F3N4O3. The fourth-order valence-electron chi connectivity index (χ4n) is 5.24. The quantitative estimate of drug-likeness (QED) is 0.411. The van der Waals surface area contributed by atoms with Gasteiger partial charge in [0.05, 0.1) is 16.6 Å². The second-order valence-electron chi connectivity index (χ2n) is 10.9. The third kappa shape index (κ3) is 4.79. The number of aromatic nitrogens is 2. The minimum absolute atomic E-state index is 0.0108. The number of amides is 2. The topological polar surface area (TPSA) is 75.6 Å². The summed E-state index contributed by atoms with van der Waals surface area (Å²) in [4.78, 5) is 37.7. The van der Waals surface area contributed by atoms with Crippen LogP contribution in [0.25, 0.3) is 22.2 Å². The summed E-state index contributed by atoms with van der Waals surface area (Å²) >= 11 is 0. The molecule has 3 aromatic rings. The van der Waals surface area contributed by atoms with Crippen LogP contribution in [0, 0.1) is 6.92 Å². The van der Waals surface area contributed by atoms with Gasteiger partial charge in [-0.3, -0.25) is 14.8 Å². The van der Waals surface area contributed by atoms with Crippen molar-refractivity contribution < 1.29 is 27.5 Å². The van der Waals surface area contributed by atoms with E-state index in [1.165, 1.54) is 11.1 Å². The van der Waals surface area contributed by atoms with E-state index in [1.54, 1.807) is 50.1 Å². The summed E-state index contributed by atoms with van der Waals surface area (Å²) in [5, 5.41) is 0. The molecule has 1 aromatic heterocycles. The number of aryl methyl sites for hydroxylation is 1. The summed E-state index contributed by atoms with van der Waals surface area (Å²) in [5.41, 5.74) is 1.31. The normalized spacial score (nSPS) is 16.8. The first-order valence-electron chi connectivity index (χ1n) is 12.6. The average molecular weight is 527 g/mol. The molecule has 0 atom stereocenters. The van der Waals surface area contributed by atoms with Gasteiger partial charge in [0.25, 0.3) is 5.91 Å². The van der Waals surface area contributed by atoms with Crippen molar-refractivity contribution in [2.24, 2.45) is 0 Å². The highest BCUT2D eigenvalue weighted by atomic mass is 19.4. The number of carbonyl (C=O) groups excluding carboxylic acids is 2. The molecule has 3 heterocycles. The molecule has 0 spiro atoms. The van der Waals surface area contributed by atoms with Crippen LogP contribution < -0.4 is 0 Å². The van der Waals surface area contributed by atoms with Gasteiger partial charge in [0.1, 0.15) is 5.60 Å². The standard InChI is InChI=1S/C28H29F3N4O3/c1-16-5-6-19(24-23(16)32-9-10-33-24)17-13-20-21(22(14-17)28(29,30)31)15-35(25(20)36)18-7-11-34(12-8-18)26(37)38-27(2,3)4/h5-6,9-10,13-14,18H,7-8,11-12,15H2,1-4H3. The first-order chi connectivity index (χ1) is 17.8. The van der Waals surface area contributed by atoms with Crippen LogP contribution in [0.1, 0.15) is 60.7 Å². The number of ether oxygens (including phenoxy) is 1. The molecule has 5 rings (SSSR count). The number of hydrogen-bond acceptors (Lipinski definition) is 5. The van der Waals surface area contributed by atoms with Crippen LogP contribution in [0.2, 0.25) is 0 Å². The molecule has 0 N–H and O–H groups in total. The van der Waals surface area contributed by atoms with Crippen LogP contribution in [-0.4, -0.2) is 56.5 Å². The molecule has 0 saturated carbocycles. The molecule has 1 fully saturated rings. The second kappa shape index (κ2) is 9.25. The van der Waals surface area contributed by atoms with Crippen LogP contribution in [0.3, 0.4) is 0 Å². The molecule has 0 radical (unpaired) electrons. The van der Waals surface area contributed by atoms with Gasteiger partial charge in [-0.25, -0.2) is 4.79 Å². The summed E-state index contributed by atoms with van der Waals surface area (Å²) < 4.78 is 48.2. The Kier molecular flexibility index (Phi) is 6.31. The zero-order valence-electron chi connectivity index (χ0n) is 21.7. The number of fused-ring (bicyclic) bond motifs is 2. The van der Waals surface area contributed by atoms with Gasteiger partial charge < -0.3 is 14.5 Å². The van der Waals surface area contributed by atoms with Gasteiger partial charge in [-0.1, -0.05) is 12.1 Å². The molecule has 10 heteroatoms. The smallest absolute Gasteiger partial charge is 0.416 e. The Hall–Kier alpha value is -3.69. The first kappa shape index (κ1) is 25.9. The monoisotopic (exact) mass is 526 g/mol. The third-order valence-corrected chi connectivity index (χ3v) is 7.07. The molecule has 2 aliphatic rings. The highest BCUT2D eigenvalue weighted by molar-refractivity contribution is 6.02. The Morgan fingerprint density at radius 1 is 1.00 bits per heavy atom. The fraction of sp³-hybridized carbons (Fsp3) is 0.429. The predicted octanol–water partition coefficient (Wildman–Crippen LogP) is 5.98. The second-order valence-corrected chi connectivity index (χ2v) is 10.9. The number of rotatable bonds is 2. The van der Waals surface area contributed by atoms with Gasteiger partial charge in [-0.05, 0) is 69.4 Å². The number of benzene rings is 2. The zero-order chi connectivity index (χ0) is 27.4.